The van der Waals surface area contributed by atoms with Gasteiger partial charge in [-0.15, -0.1) is 0 Å². The molecule has 0 bridgehead atoms. The van der Waals surface area contributed by atoms with Gasteiger partial charge in [-0.3, -0.25) is 13.9 Å². The number of esters is 1. The van der Waals surface area contributed by atoms with Crippen LogP contribution in [0.2, 0.25) is 0 Å². The zero-order chi connectivity index (χ0) is 12.3. The van der Waals surface area contributed by atoms with Gasteiger partial charge in [0.1, 0.15) is 5.25 Å². The van der Waals surface area contributed by atoms with E-state index in [9.17, 15) is 21.6 Å². The molecule has 0 aromatic carbocycles. The van der Waals surface area contributed by atoms with Gasteiger partial charge < -0.3 is 4.74 Å². The first kappa shape index (κ1) is 14.3. The highest BCUT2D eigenvalue weighted by Crippen LogP contribution is 2.08. The third-order valence-corrected chi connectivity index (χ3v) is 3.65. The van der Waals surface area contributed by atoms with E-state index in [-0.39, 0.29) is 0 Å². The first-order valence-corrected chi connectivity index (χ1v) is 6.66. The van der Waals surface area contributed by atoms with Crippen LogP contribution in [-0.4, -0.2) is 50.0 Å². The second-order valence-corrected chi connectivity index (χ2v) is 5.86. The van der Waals surface area contributed by atoms with Gasteiger partial charge in [-0.05, 0) is 0 Å². The average Bonchev–Trinajstić information content (AvgIpc) is 1.98. The molecule has 0 amide bonds. The first-order chi connectivity index (χ1) is 6.56. The summed E-state index contributed by atoms with van der Waals surface area (Å²) in [7, 11) is -8.38. The molecule has 2 N–H and O–H groups in total. The lowest BCUT2D eigenvalue weighted by atomic mass is 10.3. The van der Waals surface area contributed by atoms with Crippen molar-refractivity contribution < 1.29 is 35.5 Å². The van der Waals surface area contributed by atoms with Crippen molar-refractivity contribution in [1.82, 2.24) is 0 Å². The van der Waals surface area contributed by atoms with Crippen LogP contribution in [0.25, 0.3) is 0 Å². The lowest BCUT2D eigenvalue weighted by Gasteiger charge is -2.10. The van der Waals surface area contributed by atoms with Crippen LogP contribution in [0.15, 0.2) is 0 Å². The quantitative estimate of drug-likeness (QED) is 0.460. The van der Waals surface area contributed by atoms with Crippen LogP contribution in [0, 0.1) is 0 Å². The highest BCUT2D eigenvalue weighted by Gasteiger charge is 2.31. The minimum atomic E-state index is -4.74. The van der Waals surface area contributed by atoms with Crippen molar-refractivity contribution in [3.05, 3.63) is 0 Å². The molecule has 0 saturated carbocycles. The van der Waals surface area contributed by atoms with Crippen molar-refractivity contribution in [3.63, 3.8) is 0 Å². The van der Waals surface area contributed by atoms with E-state index in [4.69, 9.17) is 9.11 Å². The molecule has 0 heterocycles. The maximum atomic E-state index is 10.7. The molecule has 0 aliphatic carbocycles. The zero-order valence-corrected chi connectivity index (χ0v) is 9.28. The lowest BCUT2D eigenvalue weighted by molar-refractivity contribution is -0.140. The van der Waals surface area contributed by atoms with E-state index in [0.717, 1.165) is 7.11 Å². The van der Waals surface area contributed by atoms with E-state index >= 15 is 0 Å². The lowest BCUT2D eigenvalue weighted by Crippen LogP contribution is -2.31. The van der Waals surface area contributed by atoms with Gasteiger partial charge >= 0.3 is 5.97 Å². The highest BCUT2D eigenvalue weighted by atomic mass is 32.2. The van der Waals surface area contributed by atoms with Gasteiger partial charge in [0.05, 0.1) is 19.3 Å². The summed E-state index contributed by atoms with van der Waals surface area (Å²) < 4.78 is 63.1. The molecule has 0 aromatic heterocycles. The van der Waals surface area contributed by atoms with Crippen LogP contribution in [0.3, 0.4) is 0 Å². The molecule has 0 aliphatic rings. The normalized spacial score (nSPS) is 14.6. The minimum Gasteiger partial charge on any atom is -0.469 e. The van der Waals surface area contributed by atoms with E-state index < -0.39 is 43.6 Å². The van der Waals surface area contributed by atoms with Gasteiger partial charge in [-0.1, -0.05) is 0 Å². The zero-order valence-electron chi connectivity index (χ0n) is 7.65. The third-order valence-electron chi connectivity index (χ3n) is 1.44. The maximum absolute atomic E-state index is 10.7. The molecular weight excluding hydrogens is 252 g/mol. The molecule has 1 atom stereocenters. The minimum absolute atomic E-state index is 0.852. The summed E-state index contributed by atoms with van der Waals surface area (Å²) >= 11 is 0. The van der Waals surface area contributed by atoms with E-state index in [1.807, 2.05) is 0 Å². The topological polar surface area (TPSA) is 135 Å². The number of methoxy groups -OCH3 is 1. The molecule has 10 heteroatoms. The molecule has 0 radical (unpaired) electrons. The number of hydrogen-bond donors (Lipinski definition) is 2. The van der Waals surface area contributed by atoms with Gasteiger partial charge in [0.15, 0.2) is 0 Å². The van der Waals surface area contributed by atoms with Crippen LogP contribution in [-0.2, 0) is 29.8 Å². The number of carbonyl (C=O) groups excluding carboxylic acids is 1. The summed E-state index contributed by atoms with van der Waals surface area (Å²) in [6.45, 7) is 0. The Bertz CT molecular complexity index is 418. The summed E-state index contributed by atoms with van der Waals surface area (Å²) in [4.78, 5) is 10.7. The predicted octanol–water partition coefficient (Wildman–Crippen LogP) is -1.31. The third kappa shape index (κ3) is 6.38. The fourth-order valence-corrected chi connectivity index (χ4v) is 2.89. The van der Waals surface area contributed by atoms with Crippen molar-refractivity contribution in [2.75, 3.05) is 12.9 Å². The van der Waals surface area contributed by atoms with Crippen LogP contribution in [0.4, 0.5) is 0 Å². The van der Waals surface area contributed by atoms with Crippen molar-refractivity contribution in [2.24, 2.45) is 0 Å². The molecule has 0 rings (SSSR count). The van der Waals surface area contributed by atoms with Gasteiger partial charge in [0.25, 0.3) is 20.2 Å². The second kappa shape index (κ2) is 4.88. The van der Waals surface area contributed by atoms with Crippen LogP contribution < -0.4 is 0 Å². The predicted molar refractivity (Wildman–Crippen MR) is 48.4 cm³/mol. The van der Waals surface area contributed by atoms with E-state index in [1.165, 1.54) is 0 Å². The fourth-order valence-electron chi connectivity index (χ4n) is 0.754. The van der Waals surface area contributed by atoms with E-state index in [1.54, 1.807) is 0 Å². The monoisotopic (exact) mass is 262 g/mol. The standard InChI is InChI=1S/C5H10O8S2/c1-13-5(6)2-4(15(10,11)12)3-14(7,8)9/h4H,2-3H2,1H3,(H,7,8,9)(H,10,11,12). The van der Waals surface area contributed by atoms with E-state index in [0.29, 0.717) is 0 Å². The molecule has 8 nitrogen and oxygen atoms in total. The molecule has 0 saturated heterocycles. The molecule has 0 spiro atoms. The van der Waals surface area contributed by atoms with Crippen LogP contribution >= 0.6 is 0 Å². The number of hydrogen-bond acceptors (Lipinski definition) is 6. The Kier molecular flexibility index (Phi) is 4.65. The Balaban J connectivity index is 4.85. The maximum Gasteiger partial charge on any atom is 0.306 e. The van der Waals surface area contributed by atoms with Crippen LogP contribution in [0.5, 0.6) is 0 Å². The van der Waals surface area contributed by atoms with Crippen molar-refractivity contribution in [1.29, 1.82) is 0 Å². The Morgan fingerprint density at radius 3 is 2.00 bits per heavy atom. The first-order valence-electron chi connectivity index (χ1n) is 3.54. The second-order valence-electron chi connectivity index (χ2n) is 2.67. The Morgan fingerprint density at radius 1 is 1.27 bits per heavy atom. The molecule has 15 heavy (non-hydrogen) atoms. The van der Waals surface area contributed by atoms with Gasteiger partial charge in [-0.2, -0.15) is 16.8 Å². The van der Waals surface area contributed by atoms with Gasteiger partial charge in [0.2, 0.25) is 0 Å². The summed E-state index contributed by atoms with van der Waals surface area (Å²) in [6.07, 6.45) is -0.852. The Hall–Kier alpha value is -0.710. The smallest absolute Gasteiger partial charge is 0.306 e. The Morgan fingerprint density at radius 2 is 1.73 bits per heavy atom. The summed E-state index contributed by atoms with van der Waals surface area (Å²) in [5.41, 5.74) is 0. The SMILES string of the molecule is COC(=O)CC(CS(=O)(=O)O)S(=O)(=O)O. The van der Waals surface area contributed by atoms with Crippen LogP contribution in [0.1, 0.15) is 6.42 Å². The molecule has 0 aromatic rings. The number of carbonyl (C=O) groups is 1. The summed E-state index contributed by atoms with van der Waals surface area (Å²) in [6, 6.07) is 0. The average molecular weight is 262 g/mol. The number of rotatable bonds is 5. The van der Waals surface area contributed by atoms with E-state index in [2.05, 4.69) is 4.74 Å². The van der Waals surface area contributed by atoms with Gasteiger partial charge in [-0.25, -0.2) is 0 Å². The Labute approximate surface area is 86.7 Å². The van der Waals surface area contributed by atoms with Crippen molar-refractivity contribution >= 4 is 26.2 Å². The molecule has 0 aliphatic heterocycles. The summed E-state index contributed by atoms with van der Waals surface area (Å²) in [5.74, 6) is -2.28. The molecule has 0 fully saturated rings. The van der Waals surface area contributed by atoms with Crippen molar-refractivity contribution in [3.8, 4) is 0 Å². The largest absolute Gasteiger partial charge is 0.469 e. The highest BCUT2D eigenvalue weighted by molar-refractivity contribution is 7.90. The van der Waals surface area contributed by atoms with Gasteiger partial charge in [0, 0.05) is 0 Å². The fraction of sp³-hybridized carbons (Fsp3) is 0.800. The molecule has 90 valence electrons. The molecular formula is C5H10O8S2. The number of ether oxygens (including phenoxy) is 1. The summed E-state index contributed by atoms with van der Waals surface area (Å²) in [5, 5.41) is -1.93. The van der Waals surface area contributed by atoms with Crippen molar-refractivity contribution in [2.45, 2.75) is 11.7 Å². The molecule has 1 unspecified atom stereocenters.